The Morgan fingerprint density at radius 1 is 1.23 bits per heavy atom. The number of ether oxygens (including phenoxy) is 1. The Kier molecular flexibility index (Phi) is 3.96. The van der Waals surface area contributed by atoms with Crippen molar-refractivity contribution in [3.63, 3.8) is 0 Å². The van der Waals surface area contributed by atoms with Crippen LogP contribution in [0, 0.1) is 6.92 Å². The van der Waals surface area contributed by atoms with Crippen molar-refractivity contribution in [3.8, 4) is 11.3 Å². The van der Waals surface area contributed by atoms with Gasteiger partial charge in [0.25, 0.3) is 0 Å². The van der Waals surface area contributed by atoms with Gasteiger partial charge in [0.1, 0.15) is 18.0 Å². The SMILES string of the molecule is Cc1cccc(-c2cnc3n2C[C@]2(CCN(Cc4cccs4)C2)OC3)c1. The molecule has 134 valence electrons. The summed E-state index contributed by atoms with van der Waals surface area (Å²) in [5.74, 6) is 1.05. The molecule has 1 spiro atoms. The molecule has 0 N–H and O–H groups in total. The number of benzene rings is 1. The third-order valence-electron chi connectivity index (χ3n) is 5.56. The molecular weight excluding hydrogens is 342 g/mol. The number of imidazole rings is 1. The molecule has 1 aromatic carbocycles. The average Bonchev–Trinajstić information content (AvgIpc) is 3.36. The molecule has 2 aliphatic rings. The second kappa shape index (κ2) is 6.34. The molecule has 0 amide bonds. The molecule has 0 aliphatic carbocycles. The molecule has 3 aromatic rings. The van der Waals surface area contributed by atoms with E-state index in [0.717, 1.165) is 38.4 Å². The molecule has 2 aromatic heterocycles. The largest absolute Gasteiger partial charge is 0.364 e. The van der Waals surface area contributed by atoms with Crippen LogP contribution < -0.4 is 0 Å². The lowest BCUT2D eigenvalue weighted by Gasteiger charge is -2.35. The molecule has 1 atom stereocenters. The number of thiophene rings is 1. The van der Waals surface area contributed by atoms with Crippen molar-refractivity contribution >= 4 is 11.3 Å². The van der Waals surface area contributed by atoms with Gasteiger partial charge in [0.15, 0.2) is 0 Å². The highest BCUT2D eigenvalue weighted by atomic mass is 32.1. The van der Waals surface area contributed by atoms with Crippen LogP contribution in [0.5, 0.6) is 0 Å². The van der Waals surface area contributed by atoms with Crippen molar-refractivity contribution in [1.82, 2.24) is 14.5 Å². The molecule has 5 heteroatoms. The Morgan fingerprint density at radius 2 is 2.19 bits per heavy atom. The fraction of sp³-hybridized carbons (Fsp3) is 0.381. The summed E-state index contributed by atoms with van der Waals surface area (Å²) < 4.78 is 8.74. The fourth-order valence-electron chi connectivity index (χ4n) is 4.22. The van der Waals surface area contributed by atoms with Crippen LogP contribution in [-0.2, 0) is 24.4 Å². The van der Waals surface area contributed by atoms with Crippen molar-refractivity contribution in [1.29, 1.82) is 0 Å². The van der Waals surface area contributed by atoms with E-state index in [4.69, 9.17) is 4.74 Å². The summed E-state index contributed by atoms with van der Waals surface area (Å²) in [7, 11) is 0. The lowest BCUT2D eigenvalue weighted by Crippen LogP contribution is -2.44. The zero-order valence-electron chi connectivity index (χ0n) is 15.0. The van der Waals surface area contributed by atoms with E-state index in [9.17, 15) is 0 Å². The van der Waals surface area contributed by atoms with Crippen LogP contribution in [0.15, 0.2) is 48.0 Å². The minimum atomic E-state index is -0.0798. The summed E-state index contributed by atoms with van der Waals surface area (Å²) >= 11 is 1.84. The van der Waals surface area contributed by atoms with Crippen molar-refractivity contribution in [2.75, 3.05) is 13.1 Å². The summed E-state index contributed by atoms with van der Waals surface area (Å²) in [6.45, 7) is 6.77. The Hall–Kier alpha value is -1.95. The lowest BCUT2D eigenvalue weighted by molar-refractivity contribution is -0.0821. The zero-order chi connectivity index (χ0) is 17.6. The Morgan fingerprint density at radius 3 is 3.04 bits per heavy atom. The van der Waals surface area contributed by atoms with E-state index in [2.05, 4.69) is 63.2 Å². The van der Waals surface area contributed by atoms with Gasteiger partial charge in [-0.3, -0.25) is 4.90 Å². The zero-order valence-corrected chi connectivity index (χ0v) is 15.8. The van der Waals surface area contributed by atoms with Gasteiger partial charge in [-0.1, -0.05) is 29.8 Å². The van der Waals surface area contributed by atoms with Crippen LogP contribution in [-0.4, -0.2) is 33.1 Å². The van der Waals surface area contributed by atoms with Crippen LogP contribution in [0.4, 0.5) is 0 Å². The Bertz CT molecular complexity index is 917. The number of fused-ring (bicyclic) bond motifs is 1. The first-order valence-electron chi connectivity index (χ1n) is 9.21. The fourth-order valence-corrected chi connectivity index (χ4v) is 4.97. The molecule has 1 fully saturated rings. The first-order chi connectivity index (χ1) is 12.7. The number of aryl methyl sites for hydroxylation is 1. The number of rotatable bonds is 3. The highest BCUT2D eigenvalue weighted by Gasteiger charge is 2.43. The van der Waals surface area contributed by atoms with Crippen LogP contribution in [0.3, 0.4) is 0 Å². The van der Waals surface area contributed by atoms with Gasteiger partial charge < -0.3 is 9.30 Å². The second-order valence-corrected chi connectivity index (χ2v) is 8.56. The summed E-state index contributed by atoms with van der Waals surface area (Å²) in [5.41, 5.74) is 3.66. The minimum Gasteiger partial charge on any atom is -0.364 e. The number of likely N-dealkylation sites (tertiary alicyclic amines) is 1. The maximum Gasteiger partial charge on any atom is 0.135 e. The first kappa shape index (κ1) is 16.2. The van der Waals surface area contributed by atoms with Crippen molar-refractivity contribution < 1.29 is 4.74 Å². The number of hydrogen-bond donors (Lipinski definition) is 0. The van der Waals surface area contributed by atoms with Gasteiger partial charge >= 0.3 is 0 Å². The van der Waals surface area contributed by atoms with Crippen molar-refractivity contribution in [2.45, 2.75) is 38.6 Å². The number of aromatic nitrogens is 2. The van der Waals surface area contributed by atoms with Gasteiger partial charge in [-0.15, -0.1) is 11.3 Å². The maximum atomic E-state index is 6.35. The summed E-state index contributed by atoms with van der Waals surface area (Å²) in [5, 5.41) is 2.16. The van der Waals surface area contributed by atoms with Gasteiger partial charge in [0.2, 0.25) is 0 Å². The molecule has 0 bridgehead atoms. The standard InChI is InChI=1S/C21H23N3OS/c1-16-4-2-5-17(10-16)19-11-22-20-13-25-21(15-24(19)20)7-8-23(14-21)12-18-6-3-9-26-18/h2-6,9-11H,7-8,12-15H2,1H3/t21-/m1/s1. The highest BCUT2D eigenvalue weighted by molar-refractivity contribution is 7.09. The summed E-state index contributed by atoms with van der Waals surface area (Å²) in [6, 6.07) is 13.0. The first-order valence-corrected chi connectivity index (χ1v) is 10.1. The normalized spacial score (nSPS) is 22.8. The van der Waals surface area contributed by atoms with Crippen molar-refractivity contribution in [2.24, 2.45) is 0 Å². The molecule has 26 heavy (non-hydrogen) atoms. The molecule has 4 nitrogen and oxygen atoms in total. The van der Waals surface area contributed by atoms with Crippen LogP contribution >= 0.6 is 11.3 Å². The number of nitrogens with zero attached hydrogens (tertiary/aromatic N) is 3. The van der Waals surface area contributed by atoms with Gasteiger partial charge in [0, 0.05) is 30.1 Å². The molecule has 2 aliphatic heterocycles. The molecule has 0 saturated carbocycles. The maximum absolute atomic E-state index is 6.35. The summed E-state index contributed by atoms with van der Waals surface area (Å²) in [6.07, 6.45) is 3.09. The van der Waals surface area contributed by atoms with Crippen LogP contribution in [0.2, 0.25) is 0 Å². The molecule has 5 rings (SSSR count). The van der Waals surface area contributed by atoms with Gasteiger partial charge in [-0.2, -0.15) is 0 Å². The monoisotopic (exact) mass is 365 g/mol. The quantitative estimate of drug-likeness (QED) is 0.700. The molecule has 1 saturated heterocycles. The molecule has 0 radical (unpaired) electrons. The molecular formula is C21H23N3OS. The lowest BCUT2D eigenvalue weighted by atomic mass is 10.0. The smallest absolute Gasteiger partial charge is 0.135 e. The van der Waals surface area contributed by atoms with Gasteiger partial charge in [0.05, 0.1) is 18.4 Å². The predicted molar refractivity (Wildman–Crippen MR) is 104 cm³/mol. The molecule has 4 heterocycles. The second-order valence-electron chi connectivity index (χ2n) is 7.53. The van der Waals surface area contributed by atoms with E-state index in [1.165, 1.54) is 21.7 Å². The van der Waals surface area contributed by atoms with Crippen LogP contribution in [0.25, 0.3) is 11.3 Å². The third-order valence-corrected chi connectivity index (χ3v) is 6.42. The van der Waals surface area contributed by atoms with Gasteiger partial charge in [-0.25, -0.2) is 4.98 Å². The molecule has 0 unspecified atom stereocenters. The number of hydrogen-bond acceptors (Lipinski definition) is 4. The van der Waals surface area contributed by atoms with Crippen molar-refractivity contribution in [3.05, 3.63) is 64.2 Å². The van der Waals surface area contributed by atoms with E-state index >= 15 is 0 Å². The highest BCUT2D eigenvalue weighted by Crippen LogP contribution is 2.36. The Labute approximate surface area is 158 Å². The average molecular weight is 366 g/mol. The Balaban J connectivity index is 1.39. The van der Waals surface area contributed by atoms with E-state index < -0.39 is 0 Å². The minimum absolute atomic E-state index is 0.0798. The van der Waals surface area contributed by atoms with Crippen LogP contribution in [0.1, 0.15) is 22.7 Å². The third kappa shape index (κ3) is 2.90. The predicted octanol–water partition coefficient (Wildman–Crippen LogP) is 4.09. The van der Waals surface area contributed by atoms with E-state index in [0.29, 0.717) is 6.61 Å². The van der Waals surface area contributed by atoms with Gasteiger partial charge in [-0.05, 0) is 30.9 Å². The topological polar surface area (TPSA) is 30.3 Å². The van der Waals surface area contributed by atoms with E-state index in [1.807, 2.05) is 17.5 Å². The van der Waals surface area contributed by atoms with E-state index in [1.54, 1.807) is 0 Å². The van der Waals surface area contributed by atoms with E-state index in [-0.39, 0.29) is 5.60 Å². The summed E-state index contributed by atoms with van der Waals surface area (Å²) in [4.78, 5) is 8.58.